The van der Waals surface area contributed by atoms with Gasteiger partial charge < -0.3 is 14.2 Å². The van der Waals surface area contributed by atoms with E-state index in [1.165, 1.54) is 24.6 Å². The van der Waals surface area contributed by atoms with Gasteiger partial charge in [-0.05, 0) is 25.3 Å². The van der Waals surface area contributed by atoms with E-state index in [9.17, 15) is 4.79 Å². The molecule has 0 unspecified atom stereocenters. The summed E-state index contributed by atoms with van der Waals surface area (Å²) in [4.78, 5) is 15.2. The Kier molecular flexibility index (Phi) is 5.26. The largest absolute Gasteiger partial charge is 0.378 e. The van der Waals surface area contributed by atoms with Gasteiger partial charge in [0, 0.05) is 25.6 Å². The van der Waals surface area contributed by atoms with Crippen LogP contribution in [0, 0.1) is 0 Å². The smallest absolute Gasteiger partial charge is 0.240 e. The van der Waals surface area contributed by atoms with Crippen molar-refractivity contribution in [3.8, 4) is 0 Å². The van der Waals surface area contributed by atoms with E-state index in [1.807, 2.05) is 35.2 Å². The minimum Gasteiger partial charge on any atom is -0.378 e. The van der Waals surface area contributed by atoms with Crippen LogP contribution in [-0.2, 0) is 16.1 Å². The highest BCUT2D eigenvalue weighted by Crippen LogP contribution is 2.42. The van der Waals surface area contributed by atoms with Gasteiger partial charge in [-0.3, -0.25) is 4.79 Å². The molecular formula is C19H24N4O2S. The van der Waals surface area contributed by atoms with E-state index in [4.69, 9.17) is 4.74 Å². The van der Waals surface area contributed by atoms with Crippen LogP contribution in [0.4, 0.5) is 0 Å². The molecule has 1 aromatic carbocycles. The van der Waals surface area contributed by atoms with Gasteiger partial charge in [0.25, 0.3) is 0 Å². The van der Waals surface area contributed by atoms with Crippen LogP contribution in [0.3, 0.4) is 0 Å². The lowest BCUT2D eigenvalue weighted by Crippen LogP contribution is -2.42. The average Bonchev–Trinajstić information content (AvgIpc) is 3.47. The molecule has 6 nitrogen and oxygen atoms in total. The summed E-state index contributed by atoms with van der Waals surface area (Å²) < 4.78 is 7.57. The molecule has 7 heteroatoms. The number of carbonyl (C=O) groups is 1. The quantitative estimate of drug-likeness (QED) is 0.730. The summed E-state index contributed by atoms with van der Waals surface area (Å²) in [5, 5.41) is 9.36. The molecule has 2 aromatic rings. The molecule has 1 saturated heterocycles. The fourth-order valence-electron chi connectivity index (χ4n) is 3.27. The minimum atomic E-state index is -0.309. The van der Waals surface area contributed by atoms with Crippen molar-refractivity contribution < 1.29 is 9.53 Å². The number of nitrogens with zero attached hydrogens (tertiary/aromatic N) is 4. The Balaban J connectivity index is 1.62. The van der Waals surface area contributed by atoms with Crippen molar-refractivity contribution in [1.29, 1.82) is 0 Å². The Labute approximate surface area is 157 Å². The van der Waals surface area contributed by atoms with Gasteiger partial charge in [0.2, 0.25) is 5.91 Å². The number of rotatable bonds is 6. The number of ether oxygens (including phenoxy) is 1. The zero-order valence-electron chi connectivity index (χ0n) is 15.0. The molecule has 1 aliphatic carbocycles. The second kappa shape index (κ2) is 7.80. The second-order valence-corrected chi connectivity index (χ2v) is 7.78. The molecule has 0 bridgehead atoms. The van der Waals surface area contributed by atoms with E-state index in [1.54, 1.807) is 0 Å². The van der Waals surface area contributed by atoms with Crippen LogP contribution in [0.25, 0.3) is 0 Å². The maximum atomic E-state index is 13.2. The maximum Gasteiger partial charge on any atom is 0.240 e. The molecule has 2 aliphatic rings. The van der Waals surface area contributed by atoms with Crippen molar-refractivity contribution in [2.24, 2.45) is 0 Å². The molecule has 2 fully saturated rings. The molecule has 1 amide bonds. The molecule has 0 radical (unpaired) electrons. The first-order valence-electron chi connectivity index (χ1n) is 9.29. The number of aromatic nitrogens is 3. The lowest BCUT2D eigenvalue weighted by atomic mass is 10.1. The molecule has 1 saturated carbocycles. The van der Waals surface area contributed by atoms with E-state index in [0.29, 0.717) is 32.2 Å². The Morgan fingerprint density at radius 3 is 2.62 bits per heavy atom. The Morgan fingerprint density at radius 2 is 1.96 bits per heavy atom. The third kappa shape index (κ3) is 3.64. The lowest BCUT2D eigenvalue weighted by Gasteiger charge is -2.30. The van der Waals surface area contributed by atoms with Gasteiger partial charge >= 0.3 is 0 Å². The van der Waals surface area contributed by atoms with Crippen LogP contribution in [-0.4, -0.2) is 51.9 Å². The van der Waals surface area contributed by atoms with Gasteiger partial charge in [-0.15, -0.1) is 10.2 Å². The first-order chi connectivity index (χ1) is 12.8. The van der Waals surface area contributed by atoms with Crippen LogP contribution in [0.1, 0.15) is 42.3 Å². The Morgan fingerprint density at radius 1 is 1.23 bits per heavy atom. The summed E-state index contributed by atoms with van der Waals surface area (Å²) in [7, 11) is 0. The summed E-state index contributed by atoms with van der Waals surface area (Å²) in [6.45, 7) is 5.45. The third-order valence-electron chi connectivity index (χ3n) is 4.88. The molecule has 2 heterocycles. The minimum absolute atomic E-state index is 0.128. The van der Waals surface area contributed by atoms with Gasteiger partial charge in [-0.25, -0.2) is 0 Å². The van der Waals surface area contributed by atoms with Crippen molar-refractivity contribution in [2.45, 2.75) is 42.6 Å². The van der Waals surface area contributed by atoms with Crippen LogP contribution < -0.4 is 0 Å². The van der Waals surface area contributed by atoms with Crippen LogP contribution >= 0.6 is 11.8 Å². The van der Waals surface area contributed by atoms with E-state index < -0.39 is 0 Å². The topological polar surface area (TPSA) is 60.2 Å². The molecule has 138 valence electrons. The number of morpholine rings is 1. The molecule has 0 spiro atoms. The monoisotopic (exact) mass is 372 g/mol. The number of carbonyl (C=O) groups excluding carboxylic acids is 1. The summed E-state index contributed by atoms with van der Waals surface area (Å²) in [6, 6.07) is 9.98. The van der Waals surface area contributed by atoms with E-state index in [0.717, 1.165) is 23.1 Å². The predicted molar refractivity (Wildman–Crippen MR) is 100 cm³/mol. The molecular weight excluding hydrogens is 348 g/mol. The highest BCUT2D eigenvalue weighted by atomic mass is 32.2. The zero-order chi connectivity index (χ0) is 17.9. The third-order valence-corrected chi connectivity index (χ3v) is 6.10. The fourth-order valence-corrected chi connectivity index (χ4v) is 4.46. The van der Waals surface area contributed by atoms with Crippen molar-refractivity contribution in [3.63, 3.8) is 0 Å². The SMILES string of the molecule is CCn1c(S[C@H](C(=O)N2CCOCC2)c2ccccc2)nnc1C1CC1. The molecule has 1 aliphatic heterocycles. The molecule has 0 N–H and O–H groups in total. The molecule has 1 aromatic heterocycles. The van der Waals surface area contributed by atoms with Gasteiger partial charge in [0.05, 0.1) is 13.2 Å². The van der Waals surface area contributed by atoms with E-state index >= 15 is 0 Å². The Bertz CT molecular complexity index is 754. The predicted octanol–water partition coefficient (Wildman–Crippen LogP) is 2.87. The van der Waals surface area contributed by atoms with Gasteiger partial charge in [-0.1, -0.05) is 42.1 Å². The highest BCUT2D eigenvalue weighted by molar-refractivity contribution is 8.00. The number of hydrogen-bond donors (Lipinski definition) is 0. The zero-order valence-corrected chi connectivity index (χ0v) is 15.8. The molecule has 26 heavy (non-hydrogen) atoms. The standard InChI is InChI=1S/C19H24N4O2S/c1-2-23-17(15-8-9-15)20-21-19(23)26-16(14-6-4-3-5-7-14)18(24)22-10-12-25-13-11-22/h3-7,15-16H,2,8-13H2,1H3/t16-/m0/s1. The van der Waals surface area contributed by atoms with Crippen LogP contribution in [0.15, 0.2) is 35.5 Å². The van der Waals surface area contributed by atoms with Crippen LogP contribution in [0.5, 0.6) is 0 Å². The van der Waals surface area contributed by atoms with Gasteiger partial charge in [-0.2, -0.15) is 0 Å². The number of thioether (sulfide) groups is 1. The van der Waals surface area contributed by atoms with Crippen molar-refractivity contribution in [2.75, 3.05) is 26.3 Å². The summed E-state index contributed by atoms with van der Waals surface area (Å²) >= 11 is 1.52. The first kappa shape index (κ1) is 17.5. The maximum absolute atomic E-state index is 13.2. The Hall–Kier alpha value is -1.86. The second-order valence-electron chi connectivity index (χ2n) is 6.71. The van der Waals surface area contributed by atoms with E-state index in [2.05, 4.69) is 21.7 Å². The van der Waals surface area contributed by atoms with E-state index in [-0.39, 0.29) is 11.2 Å². The summed E-state index contributed by atoms with van der Waals surface area (Å²) in [6.07, 6.45) is 2.38. The van der Waals surface area contributed by atoms with Gasteiger partial charge in [0.15, 0.2) is 5.16 Å². The normalized spacial score (nSPS) is 18.7. The fraction of sp³-hybridized carbons (Fsp3) is 0.526. The number of amides is 1. The molecule has 1 atom stereocenters. The average molecular weight is 372 g/mol. The van der Waals surface area contributed by atoms with Crippen molar-refractivity contribution >= 4 is 17.7 Å². The van der Waals surface area contributed by atoms with Crippen molar-refractivity contribution in [3.05, 3.63) is 41.7 Å². The van der Waals surface area contributed by atoms with Gasteiger partial charge in [0.1, 0.15) is 11.1 Å². The number of hydrogen-bond acceptors (Lipinski definition) is 5. The number of benzene rings is 1. The van der Waals surface area contributed by atoms with Crippen LogP contribution in [0.2, 0.25) is 0 Å². The molecule has 4 rings (SSSR count). The summed E-state index contributed by atoms with van der Waals surface area (Å²) in [5.41, 5.74) is 1.01. The lowest BCUT2D eigenvalue weighted by molar-refractivity contribution is -0.134. The summed E-state index contributed by atoms with van der Waals surface area (Å²) in [5.74, 6) is 1.74. The van der Waals surface area contributed by atoms with Crippen molar-refractivity contribution in [1.82, 2.24) is 19.7 Å². The highest BCUT2D eigenvalue weighted by Gasteiger charge is 2.33. The first-order valence-corrected chi connectivity index (χ1v) is 10.2.